The molecule has 0 saturated heterocycles. The molecule has 2 heteroatoms. The molecule has 0 aromatic heterocycles. The van der Waals surface area contributed by atoms with Crippen LogP contribution in [0.5, 0.6) is 0 Å². The Balaban J connectivity index is 2.03. The fourth-order valence-electron chi connectivity index (χ4n) is 2.48. The Morgan fingerprint density at radius 1 is 0.591 bits per heavy atom. The van der Waals surface area contributed by atoms with Gasteiger partial charge in [-0.3, -0.25) is 0 Å². The predicted molar refractivity (Wildman–Crippen MR) is 86.9 cm³/mol. The lowest BCUT2D eigenvalue weighted by molar-refractivity contribution is 0.0175. The second-order valence-electron chi connectivity index (χ2n) is 5.42. The Kier molecular flexibility index (Phi) is 3.76. The van der Waals surface area contributed by atoms with Crippen LogP contribution in [0.4, 0.5) is 8.78 Å². The van der Waals surface area contributed by atoms with Gasteiger partial charge in [-0.25, -0.2) is 8.78 Å². The molecule has 0 fully saturated rings. The third kappa shape index (κ3) is 3.06. The summed E-state index contributed by atoms with van der Waals surface area (Å²) in [7, 11) is 0. The first-order valence-corrected chi connectivity index (χ1v) is 7.18. The van der Waals surface area contributed by atoms with Gasteiger partial charge >= 0.3 is 0 Å². The van der Waals surface area contributed by atoms with Gasteiger partial charge < -0.3 is 0 Å². The van der Waals surface area contributed by atoms with E-state index in [0.717, 1.165) is 29.2 Å². The van der Waals surface area contributed by atoms with Crippen LogP contribution < -0.4 is 0 Å². The number of benzene rings is 3. The maximum absolute atomic E-state index is 13.5. The standard InChI is InChI=1S/C20H16F2/c1-20(21,22)19-12-6-11-18(14-19)17-10-5-9-16(13-17)15-7-3-2-4-8-15/h2-14H,1H3. The van der Waals surface area contributed by atoms with Crippen molar-refractivity contribution in [1.29, 1.82) is 0 Å². The van der Waals surface area contributed by atoms with Crippen molar-refractivity contribution in [3.8, 4) is 22.3 Å². The minimum atomic E-state index is -2.83. The predicted octanol–water partition coefficient (Wildman–Crippen LogP) is 6.13. The second-order valence-corrected chi connectivity index (χ2v) is 5.42. The van der Waals surface area contributed by atoms with E-state index in [-0.39, 0.29) is 5.56 Å². The van der Waals surface area contributed by atoms with Crippen LogP contribution in [0.25, 0.3) is 22.3 Å². The van der Waals surface area contributed by atoms with Crippen LogP contribution in [0.3, 0.4) is 0 Å². The quantitative estimate of drug-likeness (QED) is 0.545. The summed E-state index contributed by atoms with van der Waals surface area (Å²) < 4.78 is 27.0. The number of hydrogen-bond donors (Lipinski definition) is 0. The molecule has 3 aromatic carbocycles. The van der Waals surface area contributed by atoms with Crippen LogP contribution >= 0.6 is 0 Å². The molecule has 0 aliphatic carbocycles. The average Bonchev–Trinajstić information content (AvgIpc) is 2.55. The van der Waals surface area contributed by atoms with Crippen molar-refractivity contribution in [2.45, 2.75) is 12.8 Å². The summed E-state index contributed by atoms with van der Waals surface area (Å²) in [5.41, 5.74) is 3.97. The van der Waals surface area contributed by atoms with E-state index in [1.807, 2.05) is 60.7 Å². The summed E-state index contributed by atoms with van der Waals surface area (Å²) in [6.07, 6.45) is 0. The molecule has 3 rings (SSSR count). The van der Waals surface area contributed by atoms with Crippen molar-refractivity contribution >= 4 is 0 Å². The van der Waals surface area contributed by atoms with Crippen molar-refractivity contribution in [2.24, 2.45) is 0 Å². The van der Waals surface area contributed by atoms with Gasteiger partial charge in [-0.15, -0.1) is 0 Å². The molecule has 0 N–H and O–H groups in total. The Hall–Kier alpha value is -2.48. The van der Waals surface area contributed by atoms with E-state index in [4.69, 9.17) is 0 Å². The lowest BCUT2D eigenvalue weighted by Gasteiger charge is -2.12. The number of hydrogen-bond acceptors (Lipinski definition) is 0. The van der Waals surface area contributed by atoms with Crippen LogP contribution in [-0.2, 0) is 5.92 Å². The second kappa shape index (κ2) is 5.72. The number of halogens is 2. The van der Waals surface area contributed by atoms with E-state index in [9.17, 15) is 8.78 Å². The Bertz CT molecular complexity index is 771. The fraction of sp³-hybridized carbons (Fsp3) is 0.100. The van der Waals surface area contributed by atoms with Gasteiger partial charge in [-0.05, 0) is 34.4 Å². The molecule has 0 spiro atoms. The summed E-state index contributed by atoms with van der Waals surface area (Å²) in [6.45, 7) is 0.923. The zero-order valence-electron chi connectivity index (χ0n) is 12.3. The van der Waals surface area contributed by atoms with Gasteiger partial charge in [0.15, 0.2) is 0 Å². The van der Waals surface area contributed by atoms with Crippen LogP contribution in [0.2, 0.25) is 0 Å². The first-order valence-electron chi connectivity index (χ1n) is 7.18. The first-order chi connectivity index (χ1) is 10.5. The molecule has 0 aliphatic rings. The summed E-state index contributed by atoms with van der Waals surface area (Å²) in [6, 6.07) is 24.5. The molecule has 0 saturated carbocycles. The lowest BCUT2D eigenvalue weighted by Crippen LogP contribution is -2.06. The van der Waals surface area contributed by atoms with E-state index in [1.54, 1.807) is 12.1 Å². The normalized spacial score (nSPS) is 11.4. The molecular weight excluding hydrogens is 278 g/mol. The largest absolute Gasteiger partial charge is 0.270 e. The number of rotatable bonds is 3. The highest BCUT2D eigenvalue weighted by Crippen LogP contribution is 2.31. The Morgan fingerprint density at radius 3 is 1.73 bits per heavy atom. The van der Waals surface area contributed by atoms with Crippen molar-refractivity contribution in [3.05, 3.63) is 84.4 Å². The van der Waals surface area contributed by atoms with Gasteiger partial charge in [-0.1, -0.05) is 66.7 Å². The summed E-state index contributed by atoms with van der Waals surface area (Å²) in [4.78, 5) is 0. The van der Waals surface area contributed by atoms with E-state index in [0.29, 0.717) is 0 Å². The maximum Gasteiger partial charge on any atom is 0.270 e. The number of alkyl halides is 2. The third-order valence-electron chi connectivity index (χ3n) is 3.67. The lowest BCUT2D eigenvalue weighted by atomic mass is 9.97. The van der Waals surface area contributed by atoms with E-state index >= 15 is 0 Å². The zero-order chi connectivity index (χ0) is 15.6. The average molecular weight is 294 g/mol. The summed E-state index contributed by atoms with van der Waals surface area (Å²) in [5.74, 6) is -2.83. The molecule has 0 atom stereocenters. The van der Waals surface area contributed by atoms with Gasteiger partial charge in [0, 0.05) is 12.5 Å². The van der Waals surface area contributed by atoms with Crippen LogP contribution in [0.15, 0.2) is 78.9 Å². The highest BCUT2D eigenvalue weighted by molar-refractivity contribution is 5.73. The molecule has 110 valence electrons. The maximum atomic E-state index is 13.5. The molecule has 0 heterocycles. The van der Waals surface area contributed by atoms with Gasteiger partial charge in [0.25, 0.3) is 5.92 Å². The Labute approximate surface area is 129 Å². The van der Waals surface area contributed by atoms with Crippen LogP contribution in [0.1, 0.15) is 12.5 Å². The molecule has 0 nitrogen and oxygen atoms in total. The summed E-state index contributed by atoms with van der Waals surface area (Å²) in [5, 5.41) is 0. The monoisotopic (exact) mass is 294 g/mol. The van der Waals surface area contributed by atoms with Crippen molar-refractivity contribution < 1.29 is 8.78 Å². The topological polar surface area (TPSA) is 0 Å². The molecule has 0 aliphatic heterocycles. The highest BCUT2D eigenvalue weighted by Gasteiger charge is 2.24. The Morgan fingerprint density at radius 2 is 1.09 bits per heavy atom. The van der Waals surface area contributed by atoms with E-state index in [2.05, 4.69) is 0 Å². The van der Waals surface area contributed by atoms with Gasteiger partial charge in [0.1, 0.15) is 0 Å². The minimum Gasteiger partial charge on any atom is -0.202 e. The minimum absolute atomic E-state index is 0.0371. The van der Waals surface area contributed by atoms with E-state index < -0.39 is 5.92 Å². The highest BCUT2D eigenvalue weighted by atomic mass is 19.3. The molecule has 3 aromatic rings. The molecule has 0 unspecified atom stereocenters. The van der Waals surface area contributed by atoms with Crippen molar-refractivity contribution in [3.63, 3.8) is 0 Å². The molecule has 22 heavy (non-hydrogen) atoms. The zero-order valence-corrected chi connectivity index (χ0v) is 12.3. The molecule has 0 bridgehead atoms. The van der Waals surface area contributed by atoms with Crippen molar-refractivity contribution in [2.75, 3.05) is 0 Å². The molecular formula is C20H16F2. The fourth-order valence-corrected chi connectivity index (χ4v) is 2.48. The SMILES string of the molecule is CC(F)(F)c1cccc(-c2cccc(-c3ccccc3)c2)c1. The molecule has 0 amide bonds. The third-order valence-corrected chi connectivity index (χ3v) is 3.67. The van der Waals surface area contributed by atoms with Crippen LogP contribution in [0, 0.1) is 0 Å². The van der Waals surface area contributed by atoms with E-state index in [1.165, 1.54) is 6.07 Å². The van der Waals surface area contributed by atoms with Gasteiger partial charge in [0.2, 0.25) is 0 Å². The van der Waals surface area contributed by atoms with Crippen LogP contribution in [-0.4, -0.2) is 0 Å². The first kappa shape index (κ1) is 14.5. The van der Waals surface area contributed by atoms with Crippen molar-refractivity contribution in [1.82, 2.24) is 0 Å². The smallest absolute Gasteiger partial charge is 0.202 e. The summed E-state index contributed by atoms with van der Waals surface area (Å²) >= 11 is 0. The van der Waals surface area contributed by atoms with Gasteiger partial charge in [-0.2, -0.15) is 0 Å². The molecule has 0 radical (unpaired) electrons. The van der Waals surface area contributed by atoms with Gasteiger partial charge in [0.05, 0.1) is 0 Å².